The molecule has 0 fully saturated rings. The third-order valence-corrected chi connectivity index (χ3v) is 3.26. The summed E-state index contributed by atoms with van der Waals surface area (Å²) in [7, 11) is 0. The lowest BCUT2D eigenvalue weighted by atomic mass is 10.3. The van der Waals surface area contributed by atoms with Crippen molar-refractivity contribution in [2.75, 3.05) is 6.54 Å². The number of aryl methyl sites for hydroxylation is 1. The van der Waals surface area contributed by atoms with Crippen molar-refractivity contribution >= 4 is 27.5 Å². The van der Waals surface area contributed by atoms with Crippen LogP contribution in [0.2, 0.25) is 0 Å². The fraction of sp³-hybridized carbons (Fsp3) is 0.385. The van der Waals surface area contributed by atoms with E-state index in [2.05, 4.69) is 33.2 Å². The van der Waals surface area contributed by atoms with Gasteiger partial charge < -0.3 is 5.32 Å². The van der Waals surface area contributed by atoms with Crippen LogP contribution in [0.5, 0.6) is 0 Å². The number of fused-ring (bicyclic) bond motifs is 1. The molecule has 18 heavy (non-hydrogen) atoms. The summed E-state index contributed by atoms with van der Waals surface area (Å²) in [6.07, 6.45) is 3.92. The van der Waals surface area contributed by atoms with Crippen LogP contribution in [0, 0.1) is 6.92 Å². The zero-order valence-electron chi connectivity index (χ0n) is 10.5. The van der Waals surface area contributed by atoms with Crippen LogP contribution in [-0.4, -0.2) is 21.8 Å². The molecule has 1 N–H and O–H groups in total. The number of amides is 1. The van der Waals surface area contributed by atoms with Gasteiger partial charge in [0, 0.05) is 17.2 Å². The second-order valence-corrected chi connectivity index (χ2v) is 5.15. The summed E-state index contributed by atoms with van der Waals surface area (Å²) < 4.78 is 2.75. The number of halogens is 1. The first-order valence-electron chi connectivity index (χ1n) is 6.06. The van der Waals surface area contributed by atoms with Gasteiger partial charge in [-0.15, -0.1) is 0 Å². The van der Waals surface area contributed by atoms with Crippen molar-refractivity contribution < 1.29 is 4.79 Å². The van der Waals surface area contributed by atoms with Crippen LogP contribution < -0.4 is 5.32 Å². The number of rotatable bonds is 4. The maximum atomic E-state index is 12.1. The largest absolute Gasteiger partial charge is 0.351 e. The number of imidazole rings is 1. The van der Waals surface area contributed by atoms with E-state index in [1.165, 1.54) is 0 Å². The van der Waals surface area contributed by atoms with Gasteiger partial charge in [-0.2, -0.15) is 0 Å². The summed E-state index contributed by atoms with van der Waals surface area (Å²) in [6.45, 7) is 4.66. The molecule has 4 nitrogen and oxygen atoms in total. The van der Waals surface area contributed by atoms with Crippen LogP contribution in [0.25, 0.3) is 5.65 Å². The van der Waals surface area contributed by atoms with Crippen LogP contribution in [0.4, 0.5) is 0 Å². The number of nitrogens with one attached hydrogen (secondary N) is 1. The first-order chi connectivity index (χ1) is 8.63. The average molecular weight is 310 g/mol. The highest BCUT2D eigenvalue weighted by molar-refractivity contribution is 9.10. The number of hydrogen-bond acceptors (Lipinski definition) is 2. The van der Waals surface area contributed by atoms with Gasteiger partial charge in [-0.05, 0) is 41.4 Å². The van der Waals surface area contributed by atoms with E-state index in [4.69, 9.17) is 0 Å². The summed E-state index contributed by atoms with van der Waals surface area (Å²) in [5.41, 5.74) is 2.15. The highest BCUT2D eigenvalue weighted by Gasteiger charge is 2.15. The van der Waals surface area contributed by atoms with Gasteiger partial charge in [0.25, 0.3) is 5.91 Å². The molecule has 2 aromatic rings. The quantitative estimate of drug-likeness (QED) is 0.883. The first kappa shape index (κ1) is 13.1. The predicted molar refractivity (Wildman–Crippen MR) is 74.9 cm³/mol. The van der Waals surface area contributed by atoms with Gasteiger partial charge in [-0.1, -0.05) is 13.3 Å². The molecule has 0 atom stereocenters. The van der Waals surface area contributed by atoms with Crippen molar-refractivity contribution in [1.29, 1.82) is 0 Å². The predicted octanol–water partition coefficient (Wildman–Crippen LogP) is 2.94. The van der Waals surface area contributed by atoms with E-state index in [0.717, 1.165) is 28.7 Å². The van der Waals surface area contributed by atoms with Crippen LogP contribution in [0.15, 0.2) is 22.8 Å². The molecule has 0 aliphatic heterocycles. The Kier molecular flexibility index (Phi) is 4.01. The van der Waals surface area contributed by atoms with Gasteiger partial charge in [0.15, 0.2) is 0 Å². The van der Waals surface area contributed by atoms with Crippen molar-refractivity contribution in [2.45, 2.75) is 26.7 Å². The molecule has 0 spiro atoms. The van der Waals surface area contributed by atoms with E-state index in [0.29, 0.717) is 12.2 Å². The van der Waals surface area contributed by atoms with Gasteiger partial charge >= 0.3 is 0 Å². The van der Waals surface area contributed by atoms with Crippen molar-refractivity contribution in [3.05, 3.63) is 34.2 Å². The molecular formula is C13H16BrN3O. The normalized spacial score (nSPS) is 10.8. The summed E-state index contributed by atoms with van der Waals surface area (Å²) in [5, 5.41) is 2.92. The Morgan fingerprint density at radius 3 is 3.00 bits per heavy atom. The maximum Gasteiger partial charge on any atom is 0.270 e. The third-order valence-electron chi connectivity index (χ3n) is 2.79. The minimum absolute atomic E-state index is 0.0634. The molecule has 0 saturated carbocycles. The fourth-order valence-corrected chi connectivity index (χ4v) is 2.21. The zero-order chi connectivity index (χ0) is 13.1. The van der Waals surface area contributed by atoms with E-state index in [-0.39, 0.29) is 5.91 Å². The second-order valence-electron chi connectivity index (χ2n) is 4.23. The van der Waals surface area contributed by atoms with E-state index >= 15 is 0 Å². The van der Waals surface area contributed by atoms with Crippen LogP contribution in [0.1, 0.15) is 35.9 Å². The van der Waals surface area contributed by atoms with Crippen molar-refractivity contribution in [3.8, 4) is 0 Å². The molecule has 96 valence electrons. The average Bonchev–Trinajstić information content (AvgIpc) is 2.64. The van der Waals surface area contributed by atoms with E-state index in [1.54, 1.807) is 0 Å². The van der Waals surface area contributed by atoms with E-state index in [1.807, 2.05) is 29.7 Å². The van der Waals surface area contributed by atoms with Crippen molar-refractivity contribution in [3.63, 3.8) is 0 Å². The molecule has 0 unspecified atom stereocenters. The van der Waals surface area contributed by atoms with Crippen molar-refractivity contribution in [1.82, 2.24) is 14.7 Å². The van der Waals surface area contributed by atoms with Crippen LogP contribution >= 0.6 is 15.9 Å². The molecular weight excluding hydrogens is 294 g/mol. The molecule has 2 aromatic heterocycles. The molecule has 2 rings (SSSR count). The summed E-state index contributed by atoms with van der Waals surface area (Å²) in [4.78, 5) is 16.5. The lowest BCUT2D eigenvalue weighted by Crippen LogP contribution is -2.26. The second kappa shape index (κ2) is 5.52. The number of hydrogen-bond donors (Lipinski definition) is 1. The highest BCUT2D eigenvalue weighted by atomic mass is 79.9. The standard InChI is InChI=1S/C13H16BrN3O/c1-3-4-7-15-13(18)12-9(2)16-11-6-5-10(14)8-17(11)12/h5-6,8H,3-4,7H2,1-2H3,(H,15,18). The number of carbonyl (C=O) groups excluding carboxylic acids is 1. The fourth-order valence-electron chi connectivity index (χ4n) is 1.87. The Bertz CT molecular complexity index is 577. The molecule has 0 aliphatic rings. The smallest absolute Gasteiger partial charge is 0.270 e. The summed E-state index contributed by atoms with van der Waals surface area (Å²) in [5.74, 6) is -0.0634. The van der Waals surface area contributed by atoms with Crippen molar-refractivity contribution in [2.24, 2.45) is 0 Å². The van der Waals surface area contributed by atoms with E-state index < -0.39 is 0 Å². The molecule has 0 aliphatic carbocycles. The minimum atomic E-state index is -0.0634. The highest BCUT2D eigenvalue weighted by Crippen LogP contribution is 2.16. The number of nitrogens with zero attached hydrogens (tertiary/aromatic N) is 2. The van der Waals surface area contributed by atoms with E-state index in [9.17, 15) is 4.79 Å². The first-order valence-corrected chi connectivity index (χ1v) is 6.85. The lowest BCUT2D eigenvalue weighted by molar-refractivity contribution is 0.0946. The SMILES string of the molecule is CCCCNC(=O)c1c(C)nc2ccc(Br)cn12. The molecule has 0 aromatic carbocycles. The van der Waals surface area contributed by atoms with Gasteiger partial charge in [0.05, 0.1) is 5.69 Å². The summed E-state index contributed by atoms with van der Waals surface area (Å²) >= 11 is 3.41. The third kappa shape index (κ3) is 2.56. The maximum absolute atomic E-state index is 12.1. The van der Waals surface area contributed by atoms with Gasteiger partial charge in [-0.25, -0.2) is 4.98 Å². The van der Waals surface area contributed by atoms with Gasteiger partial charge in [-0.3, -0.25) is 9.20 Å². The zero-order valence-corrected chi connectivity index (χ0v) is 12.1. The Balaban J connectivity index is 2.34. The van der Waals surface area contributed by atoms with Crippen LogP contribution in [-0.2, 0) is 0 Å². The topological polar surface area (TPSA) is 46.4 Å². The van der Waals surface area contributed by atoms with Gasteiger partial charge in [0.1, 0.15) is 11.3 Å². The molecule has 0 bridgehead atoms. The summed E-state index contributed by atoms with van der Waals surface area (Å²) in [6, 6.07) is 3.81. The molecule has 0 radical (unpaired) electrons. The Morgan fingerprint density at radius 1 is 1.50 bits per heavy atom. The number of pyridine rings is 1. The molecule has 5 heteroatoms. The Morgan fingerprint density at radius 2 is 2.28 bits per heavy atom. The minimum Gasteiger partial charge on any atom is -0.351 e. The lowest BCUT2D eigenvalue weighted by Gasteiger charge is -2.05. The number of aromatic nitrogens is 2. The molecule has 0 saturated heterocycles. The molecule has 2 heterocycles. The number of unbranched alkanes of at least 4 members (excludes halogenated alkanes) is 1. The molecule has 1 amide bonds. The van der Waals surface area contributed by atoms with Crippen LogP contribution in [0.3, 0.4) is 0 Å². The van der Waals surface area contributed by atoms with Gasteiger partial charge in [0.2, 0.25) is 0 Å². The number of carbonyl (C=O) groups is 1. The monoisotopic (exact) mass is 309 g/mol. The Labute approximate surface area is 115 Å². The Hall–Kier alpha value is -1.36.